The molecule has 0 aliphatic rings. The van der Waals surface area contributed by atoms with E-state index in [0.717, 1.165) is 0 Å². The number of nitrogens with two attached hydrogens (primary N) is 2. The predicted octanol–water partition coefficient (Wildman–Crippen LogP) is -0.634. The lowest BCUT2D eigenvalue weighted by Crippen LogP contribution is -2.19. The number of nitrogens with zero attached hydrogens (tertiary/aromatic N) is 3. The summed E-state index contributed by atoms with van der Waals surface area (Å²) in [4.78, 5) is 17.7. The first kappa shape index (κ1) is 15.0. The molecule has 1 heterocycles. The molecule has 5 N–H and O–H groups in total. The van der Waals surface area contributed by atoms with Gasteiger partial charge in [0.05, 0.1) is 10.7 Å². The van der Waals surface area contributed by atoms with Crippen LogP contribution in [0.5, 0.6) is 0 Å². The SMILES string of the molecule is Cc1nc(N)nc(NCCCS(N)(=O)=O)c1[N+](=O)[O-]. The Morgan fingerprint density at radius 3 is 2.58 bits per heavy atom. The van der Waals surface area contributed by atoms with Gasteiger partial charge in [-0.1, -0.05) is 0 Å². The summed E-state index contributed by atoms with van der Waals surface area (Å²) in [5.41, 5.74) is 5.25. The highest BCUT2D eigenvalue weighted by atomic mass is 32.2. The number of nitro groups is 1. The maximum absolute atomic E-state index is 10.9. The van der Waals surface area contributed by atoms with Gasteiger partial charge in [0.25, 0.3) is 0 Å². The Balaban J connectivity index is 2.80. The number of anilines is 2. The van der Waals surface area contributed by atoms with Crippen molar-refractivity contribution in [2.75, 3.05) is 23.3 Å². The molecule has 0 atom stereocenters. The molecule has 1 aromatic rings. The summed E-state index contributed by atoms with van der Waals surface area (Å²) in [7, 11) is -3.55. The average Bonchev–Trinajstić information content (AvgIpc) is 2.21. The van der Waals surface area contributed by atoms with Crippen LogP contribution >= 0.6 is 0 Å². The minimum Gasteiger partial charge on any atom is -0.368 e. The van der Waals surface area contributed by atoms with Crippen molar-refractivity contribution in [1.82, 2.24) is 9.97 Å². The van der Waals surface area contributed by atoms with E-state index in [1.54, 1.807) is 0 Å². The zero-order valence-electron chi connectivity index (χ0n) is 10.2. The molecule has 0 saturated carbocycles. The Hall–Kier alpha value is -2.01. The van der Waals surface area contributed by atoms with Crippen molar-refractivity contribution in [2.45, 2.75) is 13.3 Å². The lowest BCUT2D eigenvalue weighted by Gasteiger charge is -2.07. The van der Waals surface area contributed by atoms with Crippen LogP contribution in [0.25, 0.3) is 0 Å². The molecular formula is C8H14N6O4S. The Morgan fingerprint density at radius 2 is 2.05 bits per heavy atom. The molecule has 0 radical (unpaired) electrons. The highest BCUT2D eigenvalue weighted by Gasteiger charge is 2.21. The van der Waals surface area contributed by atoms with Crippen molar-refractivity contribution in [3.63, 3.8) is 0 Å². The van der Waals surface area contributed by atoms with E-state index in [-0.39, 0.29) is 41.9 Å². The fraction of sp³-hybridized carbons (Fsp3) is 0.500. The van der Waals surface area contributed by atoms with Crippen molar-refractivity contribution in [2.24, 2.45) is 5.14 Å². The van der Waals surface area contributed by atoms with E-state index >= 15 is 0 Å². The second-order valence-corrected chi connectivity index (χ2v) is 5.50. The predicted molar refractivity (Wildman–Crippen MR) is 68.9 cm³/mol. The first-order valence-electron chi connectivity index (χ1n) is 5.23. The smallest absolute Gasteiger partial charge is 0.332 e. The van der Waals surface area contributed by atoms with Crippen LogP contribution in [0.3, 0.4) is 0 Å². The summed E-state index contributed by atoms with van der Waals surface area (Å²) in [6, 6.07) is 0. The van der Waals surface area contributed by atoms with Gasteiger partial charge in [-0.2, -0.15) is 4.98 Å². The first-order valence-corrected chi connectivity index (χ1v) is 6.95. The fourth-order valence-corrected chi connectivity index (χ4v) is 1.96. The monoisotopic (exact) mass is 290 g/mol. The molecule has 0 aromatic carbocycles. The second-order valence-electron chi connectivity index (χ2n) is 3.77. The van der Waals surface area contributed by atoms with Gasteiger partial charge in [-0.15, -0.1) is 0 Å². The molecule has 0 saturated heterocycles. The molecule has 1 rings (SSSR count). The summed E-state index contributed by atoms with van der Waals surface area (Å²) < 4.78 is 21.4. The van der Waals surface area contributed by atoms with Crippen LogP contribution in [-0.2, 0) is 10.0 Å². The second kappa shape index (κ2) is 5.75. The van der Waals surface area contributed by atoms with Gasteiger partial charge < -0.3 is 11.1 Å². The molecule has 1 aromatic heterocycles. The zero-order chi connectivity index (χ0) is 14.6. The molecule has 11 heteroatoms. The molecule has 0 unspecified atom stereocenters. The first-order chi connectivity index (χ1) is 8.70. The van der Waals surface area contributed by atoms with Crippen LogP contribution < -0.4 is 16.2 Å². The molecule has 106 valence electrons. The minimum atomic E-state index is -3.55. The van der Waals surface area contributed by atoms with Crippen molar-refractivity contribution in [3.8, 4) is 0 Å². The molecule has 19 heavy (non-hydrogen) atoms. The Labute approximate surface area is 109 Å². The Bertz CT molecular complexity index is 587. The van der Waals surface area contributed by atoms with Gasteiger partial charge in [0, 0.05) is 6.54 Å². The standard InChI is InChI=1S/C8H14N6O4S/c1-5-6(14(15)16)7(13-8(9)12-5)11-3-2-4-19(10,17)18/h2-4H2,1H3,(H2,10,17,18)(H3,9,11,12,13). The number of aromatic nitrogens is 2. The summed E-state index contributed by atoms with van der Waals surface area (Å²) >= 11 is 0. The number of rotatable bonds is 6. The van der Waals surface area contributed by atoms with Gasteiger partial charge >= 0.3 is 5.69 Å². The van der Waals surface area contributed by atoms with E-state index in [0.29, 0.717) is 0 Å². The summed E-state index contributed by atoms with van der Waals surface area (Å²) in [5, 5.41) is 18.4. The highest BCUT2D eigenvalue weighted by molar-refractivity contribution is 7.89. The van der Waals surface area contributed by atoms with Crippen LogP contribution in [0.2, 0.25) is 0 Å². The summed E-state index contributed by atoms with van der Waals surface area (Å²) in [6.07, 6.45) is 0.193. The molecule has 0 aliphatic carbocycles. The van der Waals surface area contributed by atoms with Crippen molar-refractivity contribution < 1.29 is 13.3 Å². The van der Waals surface area contributed by atoms with E-state index in [1.807, 2.05) is 0 Å². The Morgan fingerprint density at radius 1 is 1.42 bits per heavy atom. The average molecular weight is 290 g/mol. The van der Waals surface area contributed by atoms with E-state index in [2.05, 4.69) is 15.3 Å². The van der Waals surface area contributed by atoms with Gasteiger partial charge in [0.1, 0.15) is 5.69 Å². The molecule has 0 bridgehead atoms. The summed E-state index contributed by atoms with van der Waals surface area (Å²) in [5.74, 6) is -0.366. The number of sulfonamides is 1. The number of hydrogen-bond donors (Lipinski definition) is 3. The highest BCUT2D eigenvalue weighted by Crippen LogP contribution is 2.25. The molecule has 0 amide bonds. The van der Waals surface area contributed by atoms with Crippen LogP contribution in [0.1, 0.15) is 12.1 Å². The number of aryl methyl sites for hydroxylation is 1. The van der Waals surface area contributed by atoms with Gasteiger partial charge in [-0.05, 0) is 13.3 Å². The molecule has 10 nitrogen and oxygen atoms in total. The topological polar surface area (TPSA) is 167 Å². The fourth-order valence-electron chi connectivity index (χ4n) is 1.41. The lowest BCUT2D eigenvalue weighted by molar-refractivity contribution is -0.385. The van der Waals surface area contributed by atoms with Crippen LogP contribution in [0.4, 0.5) is 17.5 Å². The maximum Gasteiger partial charge on any atom is 0.332 e. The summed E-state index contributed by atoms with van der Waals surface area (Å²) in [6.45, 7) is 1.60. The molecule has 0 fully saturated rings. The lowest BCUT2D eigenvalue weighted by atomic mass is 10.3. The molecular weight excluding hydrogens is 276 g/mol. The van der Waals surface area contributed by atoms with E-state index in [9.17, 15) is 18.5 Å². The van der Waals surface area contributed by atoms with Crippen molar-refractivity contribution >= 4 is 27.5 Å². The van der Waals surface area contributed by atoms with Gasteiger partial charge in [-0.3, -0.25) is 10.1 Å². The van der Waals surface area contributed by atoms with Crippen LogP contribution in [0, 0.1) is 17.0 Å². The van der Waals surface area contributed by atoms with Gasteiger partial charge in [0.15, 0.2) is 0 Å². The van der Waals surface area contributed by atoms with Crippen LogP contribution in [-0.4, -0.2) is 35.6 Å². The molecule has 0 aliphatic heterocycles. The third-order valence-corrected chi connectivity index (χ3v) is 3.01. The van der Waals surface area contributed by atoms with Crippen molar-refractivity contribution in [3.05, 3.63) is 15.8 Å². The number of nitrogen functional groups attached to an aromatic ring is 1. The van der Waals surface area contributed by atoms with Crippen LogP contribution in [0.15, 0.2) is 0 Å². The van der Waals surface area contributed by atoms with Gasteiger partial charge in [-0.25, -0.2) is 18.5 Å². The third kappa shape index (κ3) is 4.63. The number of hydrogen-bond acceptors (Lipinski definition) is 8. The quantitative estimate of drug-likeness (QED) is 0.353. The van der Waals surface area contributed by atoms with E-state index in [1.165, 1.54) is 6.92 Å². The van der Waals surface area contributed by atoms with Gasteiger partial charge in [0.2, 0.25) is 21.8 Å². The minimum absolute atomic E-state index is 0.0376. The number of primary sulfonamides is 1. The maximum atomic E-state index is 10.9. The van der Waals surface area contributed by atoms with E-state index in [4.69, 9.17) is 10.9 Å². The zero-order valence-corrected chi connectivity index (χ0v) is 11.0. The Kier molecular flexibility index (Phi) is 4.56. The van der Waals surface area contributed by atoms with E-state index < -0.39 is 14.9 Å². The van der Waals surface area contributed by atoms with Crippen molar-refractivity contribution in [1.29, 1.82) is 0 Å². The largest absolute Gasteiger partial charge is 0.368 e. The number of nitrogens with one attached hydrogen (secondary N) is 1. The normalized spacial score (nSPS) is 11.3. The third-order valence-electron chi connectivity index (χ3n) is 2.16. The molecule has 0 spiro atoms.